The average Bonchev–Trinajstić information content (AvgIpc) is 2.63. The maximum absolute atomic E-state index is 12.2. The molecule has 2 atom stereocenters. The Morgan fingerprint density at radius 1 is 1.40 bits per heavy atom. The molecule has 0 heterocycles. The van der Waals surface area contributed by atoms with Crippen molar-refractivity contribution >= 4 is 21.8 Å². The molecule has 0 spiro atoms. The first kappa shape index (κ1) is 13.0. The maximum Gasteiger partial charge on any atom is 0.225 e. The zero-order valence-electron chi connectivity index (χ0n) is 9.84. The van der Waals surface area contributed by atoms with Gasteiger partial charge in [-0.1, -0.05) is 36.2 Å². The third-order valence-corrected chi connectivity index (χ3v) is 3.69. The zero-order chi connectivity index (χ0) is 11.3. The van der Waals surface area contributed by atoms with Gasteiger partial charge in [-0.3, -0.25) is 4.79 Å². The van der Waals surface area contributed by atoms with Crippen molar-refractivity contribution < 1.29 is 4.79 Å². The first-order chi connectivity index (χ1) is 7.20. The molecule has 0 radical (unpaired) electrons. The number of carbonyl (C=O) groups excluding carboxylic acids is 1. The summed E-state index contributed by atoms with van der Waals surface area (Å²) in [5.74, 6) is 1.28. The Balaban J connectivity index is 2.54. The predicted octanol–water partition coefficient (Wildman–Crippen LogP) is 3.06. The number of amides is 1. The Labute approximate surface area is 102 Å². The Kier molecular flexibility index (Phi) is 5.65. The Morgan fingerprint density at radius 2 is 2.13 bits per heavy atom. The van der Waals surface area contributed by atoms with Gasteiger partial charge < -0.3 is 4.90 Å². The van der Waals surface area contributed by atoms with Gasteiger partial charge in [-0.25, -0.2) is 0 Å². The molecule has 2 nitrogen and oxygen atoms in total. The second kappa shape index (κ2) is 6.51. The number of hydrogen-bond acceptors (Lipinski definition) is 1. The summed E-state index contributed by atoms with van der Waals surface area (Å²) in [6.45, 7) is 6.12. The van der Waals surface area contributed by atoms with Crippen LogP contribution in [0.4, 0.5) is 0 Å². The van der Waals surface area contributed by atoms with Crippen LogP contribution in [-0.4, -0.2) is 29.2 Å². The molecule has 15 heavy (non-hydrogen) atoms. The van der Waals surface area contributed by atoms with E-state index in [1.165, 1.54) is 12.8 Å². The fourth-order valence-corrected chi connectivity index (χ4v) is 2.88. The van der Waals surface area contributed by atoms with E-state index in [4.69, 9.17) is 0 Å². The molecular weight excluding hydrogens is 254 g/mol. The minimum atomic E-state index is 0.301. The average molecular weight is 276 g/mol. The first-order valence-electron chi connectivity index (χ1n) is 6.05. The van der Waals surface area contributed by atoms with Crippen LogP contribution in [0.25, 0.3) is 0 Å². The number of rotatable bonds is 5. The molecule has 1 aliphatic carbocycles. The van der Waals surface area contributed by atoms with E-state index < -0.39 is 0 Å². The fraction of sp³-hybridized carbons (Fsp3) is 0.917. The van der Waals surface area contributed by atoms with Gasteiger partial charge in [0.05, 0.1) is 0 Å². The molecule has 0 aromatic heterocycles. The summed E-state index contributed by atoms with van der Waals surface area (Å²) < 4.78 is 0. The summed E-state index contributed by atoms with van der Waals surface area (Å²) in [4.78, 5) is 14.3. The molecule has 0 N–H and O–H groups in total. The number of nitrogens with zero attached hydrogens (tertiary/aromatic N) is 1. The summed E-state index contributed by atoms with van der Waals surface area (Å²) in [6, 6.07) is 0. The van der Waals surface area contributed by atoms with E-state index in [9.17, 15) is 4.79 Å². The highest BCUT2D eigenvalue weighted by molar-refractivity contribution is 9.09. The van der Waals surface area contributed by atoms with Crippen molar-refractivity contribution in [3.8, 4) is 0 Å². The van der Waals surface area contributed by atoms with Crippen LogP contribution in [0.5, 0.6) is 0 Å². The molecule has 1 fully saturated rings. The van der Waals surface area contributed by atoms with Crippen LogP contribution in [0.1, 0.15) is 39.5 Å². The van der Waals surface area contributed by atoms with Crippen LogP contribution in [-0.2, 0) is 4.79 Å². The lowest BCUT2D eigenvalue weighted by Crippen LogP contribution is -2.38. The van der Waals surface area contributed by atoms with Crippen LogP contribution in [0.2, 0.25) is 0 Å². The molecule has 88 valence electrons. The minimum Gasteiger partial charge on any atom is -0.342 e. The number of carbonyl (C=O) groups is 1. The minimum absolute atomic E-state index is 0.301. The van der Waals surface area contributed by atoms with Crippen LogP contribution in [0, 0.1) is 11.8 Å². The topological polar surface area (TPSA) is 20.3 Å². The normalized spacial score (nSPS) is 25.5. The second-order valence-corrected chi connectivity index (χ2v) is 5.32. The Bertz CT molecular complexity index is 202. The molecule has 2 unspecified atom stereocenters. The van der Waals surface area contributed by atoms with Gasteiger partial charge in [-0.15, -0.1) is 0 Å². The third-order valence-electron chi connectivity index (χ3n) is 3.34. The quantitative estimate of drug-likeness (QED) is 0.707. The summed E-state index contributed by atoms with van der Waals surface area (Å²) in [7, 11) is 0. The standard InChI is InChI=1S/C12H22BrNO/c1-3-8-14(9-7-13)12(15)11-6-4-5-10(11)2/h10-11H,3-9H2,1-2H3. The van der Waals surface area contributed by atoms with Crippen molar-refractivity contribution in [1.29, 1.82) is 0 Å². The highest BCUT2D eigenvalue weighted by Crippen LogP contribution is 2.32. The SMILES string of the molecule is CCCN(CCBr)C(=O)C1CCCC1C. The van der Waals surface area contributed by atoms with Crippen LogP contribution in [0.15, 0.2) is 0 Å². The lowest BCUT2D eigenvalue weighted by atomic mass is 9.96. The molecule has 1 saturated carbocycles. The van der Waals surface area contributed by atoms with Gasteiger partial charge in [-0.2, -0.15) is 0 Å². The smallest absolute Gasteiger partial charge is 0.225 e. The van der Waals surface area contributed by atoms with Gasteiger partial charge in [0.2, 0.25) is 5.91 Å². The number of halogens is 1. The number of alkyl halides is 1. The Hall–Kier alpha value is -0.0500. The van der Waals surface area contributed by atoms with Gasteiger partial charge in [0.1, 0.15) is 0 Å². The van der Waals surface area contributed by atoms with E-state index in [-0.39, 0.29) is 0 Å². The Morgan fingerprint density at radius 3 is 2.60 bits per heavy atom. The lowest BCUT2D eigenvalue weighted by molar-refractivity contribution is -0.136. The largest absolute Gasteiger partial charge is 0.342 e. The number of hydrogen-bond donors (Lipinski definition) is 0. The molecule has 0 aromatic rings. The van der Waals surface area contributed by atoms with Crippen molar-refractivity contribution in [1.82, 2.24) is 4.90 Å². The fourth-order valence-electron chi connectivity index (χ4n) is 2.45. The summed E-state index contributed by atoms with van der Waals surface area (Å²) >= 11 is 3.42. The molecule has 1 aliphatic rings. The zero-order valence-corrected chi connectivity index (χ0v) is 11.4. The van der Waals surface area contributed by atoms with Crippen LogP contribution in [0.3, 0.4) is 0 Å². The molecule has 3 heteroatoms. The van der Waals surface area contributed by atoms with E-state index in [2.05, 4.69) is 29.8 Å². The molecule has 0 aliphatic heterocycles. The molecule has 0 aromatic carbocycles. The highest BCUT2D eigenvalue weighted by Gasteiger charge is 2.32. The van der Waals surface area contributed by atoms with Gasteiger partial charge in [0.25, 0.3) is 0 Å². The predicted molar refractivity (Wildman–Crippen MR) is 67.2 cm³/mol. The third kappa shape index (κ3) is 3.47. The molecule has 0 saturated heterocycles. The summed E-state index contributed by atoms with van der Waals surface area (Å²) in [5.41, 5.74) is 0. The van der Waals surface area contributed by atoms with Gasteiger partial charge in [0, 0.05) is 24.3 Å². The molecule has 1 amide bonds. The maximum atomic E-state index is 12.2. The monoisotopic (exact) mass is 275 g/mol. The summed E-state index contributed by atoms with van der Waals surface area (Å²) in [6.07, 6.45) is 4.61. The first-order valence-corrected chi connectivity index (χ1v) is 7.17. The van der Waals surface area contributed by atoms with E-state index in [0.717, 1.165) is 31.3 Å². The molecule has 0 bridgehead atoms. The second-order valence-electron chi connectivity index (χ2n) is 4.53. The van der Waals surface area contributed by atoms with Crippen molar-refractivity contribution in [3.05, 3.63) is 0 Å². The summed E-state index contributed by atoms with van der Waals surface area (Å²) in [5, 5.41) is 0.889. The van der Waals surface area contributed by atoms with Crippen LogP contribution < -0.4 is 0 Å². The van der Waals surface area contributed by atoms with Crippen molar-refractivity contribution in [2.45, 2.75) is 39.5 Å². The van der Waals surface area contributed by atoms with Gasteiger partial charge >= 0.3 is 0 Å². The van der Waals surface area contributed by atoms with Crippen molar-refractivity contribution in [2.75, 3.05) is 18.4 Å². The molecular formula is C12H22BrNO. The van der Waals surface area contributed by atoms with Crippen molar-refractivity contribution in [3.63, 3.8) is 0 Å². The van der Waals surface area contributed by atoms with Crippen molar-refractivity contribution in [2.24, 2.45) is 11.8 Å². The van der Waals surface area contributed by atoms with Gasteiger partial charge in [-0.05, 0) is 25.2 Å². The molecule has 1 rings (SSSR count). The highest BCUT2D eigenvalue weighted by atomic mass is 79.9. The van der Waals surface area contributed by atoms with Gasteiger partial charge in [0.15, 0.2) is 0 Å². The van der Waals surface area contributed by atoms with E-state index >= 15 is 0 Å². The van der Waals surface area contributed by atoms with E-state index in [1.807, 2.05) is 4.90 Å². The van der Waals surface area contributed by atoms with E-state index in [1.54, 1.807) is 0 Å². The lowest BCUT2D eigenvalue weighted by Gasteiger charge is -2.26. The van der Waals surface area contributed by atoms with Crippen LogP contribution >= 0.6 is 15.9 Å². The van der Waals surface area contributed by atoms with E-state index in [0.29, 0.717) is 17.7 Å².